The highest BCUT2D eigenvalue weighted by atomic mass is 32.2. The lowest BCUT2D eigenvalue weighted by Crippen LogP contribution is -2.33. The molecule has 0 bridgehead atoms. The van der Waals surface area contributed by atoms with E-state index in [1.54, 1.807) is 11.8 Å². The zero-order valence-electron chi connectivity index (χ0n) is 12.3. The number of thioether (sulfide) groups is 1. The van der Waals surface area contributed by atoms with E-state index in [0.29, 0.717) is 23.8 Å². The zero-order valence-corrected chi connectivity index (χ0v) is 13.1. The summed E-state index contributed by atoms with van der Waals surface area (Å²) in [5, 5.41) is 12.8. The quantitative estimate of drug-likeness (QED) is 0.821. The number of rotatable bonds is 6. The van der Waals surface area contributed by atoms with Crippen molar-refractivity contribution < 1.29 is 4.79 Å². The molecule has 3 saturated carbocycles. The lowest BCUT2D eigenvalue weighted by Gasteiger charge is -2.12. The van der Waals surface area contributed by atoms with Gasteiger partial charge in [0.2, 0.25) is 5.91 Å². The van der Waals surface area contributed by atoms with Crippen molar-refractivity contribution in [2.45, 2.75) is 74.5 Å². The van der Waals surface area contributed by atoms with Crippen LogP contribution in [0.1, 0.15) is 69.2 Å². The predicted molar refractivity (Wildman–Crippen MR) is 81.4 cm³/mol. The van der Waals surface area contributed by atoms with Crippen molar-refractivity contribution in [3.8, 4) is 0 Å². The van der Waals surface area contributed by atoms with Gasteiger partial charge in [0, 0.05) is 18.0 Å². The van der Waals surface area contributed by atoms with Crippen LogP contribution in [0.5, 0.6) is 0 Å². The predicted octanol–water partition coefficient (Wildman–Crippen LogP) is 2.64. The summed E-state index contributed by atoms with van der Waals surface area (Å²) in [6.07, 6.45) is 9.74. The fraction of sp³-hybridized carbons (Fsp3) is 0.800. The number of amides is 1. The molecule has 0 aromatic carbocycles. The molecule has 6 heteroatoms. The van der Waals surface area contributed by atoms with Gasteiger partial charge >= 0.3 is 0 Å². The highest BCUT2D eigenvalue weighted by Crippen LogP contribution is 2.45. The van der Waals surface area contributed by atoms with Gasteiger partial charge in [0.1, 0.15) is 5.82 Å². The normalized spacial score (nSPS) is 22.7. The Hall–Kier alpha value is -1.04. The minimum atomic E-state index is 0.144. The number of carbonyl (C=O) groups excluding carboxylic acids is 1. The molecule has 114 valence electrons. The first-order chi connectivity index (χ1) is 10.3. The molecule has 1 aromatic rings. The summed E-state index contributed by atoms with van der Waals surface area (Å²) in [6.45, 7) is 0. The van der Waals surface area contributed by atoms with Crippen molar-refractivity contribution in [2.24, 2.45) is 0 Å². The van der Waals surface area contributed by atoms with Gasteiger partial charge < -0.3 is 9.88 Å². The summed E-state index contributed by atoms with van der Waals surface area (Å²) in [7, 11) is 0. The largest absolute Gasteiger partial charge is 0.353 e. The second kappa shape index (κ2) is 5.63. The Bertz CT molecular complexity index is 530. The number of nitrogens with zero attached hydrogens (tertiary/aromatic N) is 3. The Morgan fingerprint density at radius 3 is 2.57 bits per heavy atom. The summed E-state index contributed by atoms with van der Waals surface area (Å²) >= 11 is 1.55. The van der Waals surface area contributed by atoms with Gasteiger partial charge in [0.05, 0.1) is 5.75 Å². The minimum absolute atomic E-state index is 0.144. The average Bonchev–Trinajstić information content (AvgIpc) is 3.41. The van der Waals surface area contributed by atoms with Crippen LogP contribution < -0.4 is 5.32 Å². The average molecular weight is 306 g/mol. The molecular formula is C15H22N4OS. The molecule has 4 rings (SSSR count). The molecule has 3 fully saturated rings. The van der Waals surface area contributed by atoms with E-state index in [-0.39, 0.29) is 5.91 Å². The number of carbonyl (C=O) groups is 1. The number of nitrogens with one attached hydrogen (secondary N) is 1. The van der Waals surface area contributed by atoms with E-state index in [9.17, 15) is 4.79 Å². The first-order valence-corrected chi connectivity index (χ1v) is 9.17. The van der Waals surface area contributed by atoms with E-state index < -0.39 is 0 Å². The third-order valence-electron chi connectivity index (χ3n) is 4.60. The molecule has 1 aromatic heterocycles. The maximum absolute atomic E-state index is 12.0. The van der Waals surface area contributed by atoms with Gasteiger partial charge in [0.15, 0.2) is 5.16 Å². The Morgan fingerprint density at radius 1 is 1.14 bits per heavy atom. The number of hydrogen-bond acceptors (Lipinski definition) is 4. The third-order valence-corrected chi connectivity index (χ3v) is 5.54. The molecule has 0 spiro atoms. The van der Waals surface area contributed by atoms with E-state index in [1.807, 2.05) is 0 Å². The molecule has 3 aliphatic rings. The van der Waals surface area contributed by atoms with Crippen LogP contribution >= 0.6 is 11.8 Å². The van der Waals surface area contributed by atoms with Crippen LogP contribution in [-0.2, 0) is 4.79 Å². The van der Waals surface area contributed by atoms with E-state index >= 15 is 0 Å². The van der Waals surface area contributed by atoms with Crippen molar-refractivity contribution in [3.05, 3.63) is 5.82 Å². The van der Waals surface area contributed by atoms with Crippen LogP contribution in [0.15, 0.2) is 5.16 Å². The monoisotopic (exact) mass is 306 g/mol. The fourth-order valence-corrected chi connectivity index (χ4v) is 3.98. The lowest BCUT2D eigenvalue weighted by atomic mass is 10.2. The molecule has 21 heavy (non-hydrogen) atoms. The van der Waals surface area contributed by atoms with Crippen molar-refractivity contribution in [1.29, 1.82) is 0 Å². The molecule has 3 aliphatic carbocycles. The lowest BCUT2D eigenvalue weighted by molar-refractivity contribution is -0.119. The Kier molecular flexibility index (Phi) is 3.65. The van der Waals surface area contributed by atoms with E-state index in [1.165, 1.54) is 38.5 Å². The van der Waals surface area contributed by atoms with Crippen LogP contribution in [0.3, 0.4) is 0 Å². The summed E-state index contributed by atoms with van der Waals surface area (Å²) < 4.78 is 2.31. The van der Waals surface area contributed by atoms with E-state index in [2.05, 4.69) is 20.1 Å². The smallest absolute Gasteiger partial charge is 0.230 e. The molecule has 0 atom stereocenters. The van der Waals surface area contributed by atoms with E-state index in [0.717, 1.165) is 23.8 Å². The Morgan fingerprint density at radius 2 is 1.90 bits per heavy atom. The van der Waals surface area contributed by atoms with Crippen molar-refractivity contribution in [3.63, 3.8) is 0 Å². The number of hydrogen-bond donors (Lipinski definition) is 1. The number of aromatic nitrogens is 3. The minimum Gasteiger partial charge on any atom is -0.353 e. The highest BCUT2D eigenvalue weighted by molar-refractivity contribution is 7.99. The van der Waals surface area contributed by atoms with Crippen LogP contribution in [0.25, 0.3) is 0 Å². The first kappa shape index (κ1) is 13.6. The van der Waals surface area contributed by atoms with Gasteiger partial charge in [-0.2, -0.15) is 0 Å². The molecular weight excluding hydrogens is 284 g/mol. The summed E-state index contributed by atoms with van der Waals surface area (Å²) in [5.74, 6) is 2.40. The third kappa shape index (κ3) is 3.10. The Labute approximate surface area is 129 Å². The molecule has 0 saturated heterocycles. The summed E-state index contributed by atoms with van der Waals surface area (Å²) in [5.41, 5.74) is 0. The molecule has 5 nitrogen and oxygen atoms in total. The highest BCUT2D eigenvalue weighted by Gasteiger charge is 2.36. The molecule has 0 radical (unpaired) electrons. The first-order valence-electron chi connectivity index (χ1n) is 8.18. The standard InChI is InChI=1S/C15H22N4OS/c20-13(16-11-3-1-2-4-11)9-21-15-18-17-14(10-5-6-10)19(15)12-7-8-12/h10-12H,1-9H2,(H,16,20). The van der Waals surface area contributed by atoms with Crippen LogP contribution in [0.4, 0.5) is 0 Å². The Balaban J connectivity index is 1.36. The van der Waals surface area contributed by atoms with Crippen LogP contribution in [0, 0.1) is 0 Å². The van der Waals surface area contributed by atoms with Gasteiger partial charge in [-0.1, -0.05) is 24.6 Å². The van der Waals surface area contributed by atoms with Crippen LogP contribution in [0.2, 0.25) is 0 Å². The topological polar surface area (TPSA) is 59.8 Å². The molecule has 1 amide bonds. The van der Waals surface area contributed by atoms with Crippen molar-refractivity contribution >= 4 is 17.7 Å². The maximum atomic E-state index is 12.0. The van der Waals surface area contributed by atoms with Crippen molar-refractivity contribution in [2.75, 3.05) is 5.75 Å². The van der Waals surface area contributed by atoms with Crippen LogP contribution in [-0.4, -0.2) is 32.5 Å². The second-order valence-electron chi connectivity index (χ2n) is 6.55. The van der Waals surface area contributed by atoms with E-state index in [4.69, 9.17) is 0 Å². The molecule has 1 heterocycles. The second-order valence-corrected chi connectivity index (χ2v) is 7.50. The van der Waals surface area contributed by atoms with Crippen molar-refractivity contribution in [1.82, 2.24) is 20.1 Å². The van der Waals surface area contributed by atoms with Gasteiger partial charge in [-0.05, 0) is 38.5 Å². The van der Waals surface area contributed by atoms with Gasteiger partial charge in [-0.25, -0.2) is 0 Å². The van der Waals surface area contributed by atoms with Gasteiger partial charge in [0.25, 0.3) is 0 Å². The SMILES string of the molecule is O=C(CSc1nnc(C2CC2)n1C1CC1)NC1CCCC1. The summed E-state index contributed by atoms with van der Waals surface area (Å²) in [4.78, 5) is 12.0. The summed E-state index contributed by atoms with van der Waals surface area (Å²) in [6, 6.07) is 0.998. The molecule has 0 aliphatic heterocycles. The molecule has 1 N–H and O–H groups in total. The maximum Gasteiger partial charge on any atom is 0.230 e. The molecule has 0 unspecified atom stereocenters. The van der Waals surface area contributed by atoms with Gasteiger partial charge in [-0.15, -0.1) is 10.2 Å². The zero-order chi connectivity index (χ0) is 14.2. The van der Waals surface area contributed by atoms with Gasteiger partial charge in [-0.3, -0.25) is 4.79 Å². The fourth-order valence-electron chi connectivity index (χ4n) is 3.15.